The van der Waals surface area contributed by atoms with Gasteiger partial charge in [0.05, 0.1) is 12.6 Å². The molecule has 1 unspecified atom stereocenters. The van der Waals surface area contributed by atoms with Crippen molar-refractivity contribution in [3.8, 4) is 22.8 Å². The molecule has 0 aliphatic carbocycles. The van der Waals surface area contributed by atoms with Crippen molar-refractivity contribution in [3.05, 3.63) is 60.2 Å². The Hall–Kier alpha value is -4.58. The van der Waals surface area contributed by atoms with Gasteiger partial charge in [0.1, 0.15) is 35.2 Å². The summed E-state index contributed by atoms with van der Waals surface area (Å²) >= 11 is 0. The number of nitrogens with zero attached hydrogens (tertiary/aromatic N) is 3. The second-order valence-electron chi connectivity index (χ2n) is 11.1. The van der Waals surface area contributed by atoms with Gasteiger partial charge in [-0.2, -0.15) is 5.10 Å². The van der Waals surface area contributed by atoms with Crippen LogP contribution in [0.1, 0.15) is 54.9 Å². The number of benzene rings is 2. The van der Waals surface area contributed by atoms with Crippen LogP contribution in [0.25, 0.3) is 11.3 Å². The van der Waals surface area contributed by atoms with Gasteiger partial charge in [-0.05, 0) is 74.4 Å². The molecule has 1 atom stereocenters. The lowest BCUT2D eigenvalue weighted by molar-refractivity contribution is -0.133. The second kappa shape index (κ2) is 14.7. The lowest BCUT2D eigenvalue weighted by Gasteiger charge is -2.38. The van der Waals surface area contributed by atoms with Crippen molar-refractivity contribution in [2.45, 2.75) is 44.6 Å². The van der Waals surface area contributed by atoms with Crippen LogP contribution in [0.2, 0.25) is 0 Å². The van der Waals surface area contributed by atoms with Gasteiger partial charge in [-0.3, -0.25) is 9.59 Å². The first kappa shape index (κ1) is 30.9. The van der Waals surface area contributed by atoms with Gasteiger partial charge in [-0.1, -0.05) is 18.2 Å². The Labute approximate surface area is 256 Å². The maximum atomic E-state index is 12.8. The number of carbonyl (C=O) groups excluding carboxylic acids is 3. The van der Waals surface area contributed by atoms with Crippen molar-refractivity contribution in [1.29, 1.82) is 0 Å². The molecule has 0 radical (unpaired) electrons. The molecule has 0 spiro atoms. The first-order valence-electron chi connectivity index (χ1n) is 15.2. The van der Waals surface area contributed by atoms with Gasteiger partial charge in [0.25, 0.3) is 5.91 Å². The Bertz CT molecular complexity index is 1420. The summed E-state index contributed by atoms with van der Waals surface area (Å²) in [6, 6.07) is 17.1. The highest BCUT2D eigenvalue weighted by Crippen LogP contribution is 2.40. The van der Waals surface area contributed by atoms with Crippen LogP contribution in [0.4, 0.5) is 10.6 Å². The minimum atomic E-state index is -0.815. The van der Waals surface area contributed by atoms with Crippen molar-refractivity contribution in [2.75, 3.05) is 44.8 Å². The highest BCUT2D eigenvalue weighted by molar-refractivity contribution is 6.03. The number of primary amides is 2. The van der Waals surface area contributed by atoms with E-state index in [1.807, 2.05) is 64.2 Å². The molecule has 2 aliphatic rings. The van der Waals surface area contributed by atoms with Crippen LogP contribution in [-0.4, -0.2) is 72.0 Å². The van der Waals surface area contributed by atoms with Crippen molar-refractivity contribution in [2.24, 2.45) is 17.4 Å². The number of unbranched alkanes of at least 4 members (excludes halogenated alkanes) is 1. The number of para-hydroxylation sites is 1. The van der Waals surface area contributed by atoms with Crippen molar-refractivity contribution >= 4 is 23.7 Å². The molecule has 0 saturated carbocycles. The molecule has 3 aromatic rings. The number of rotatable bonds is 13. The summed E-state index contributed by atoms with van der Waals surface area (Å²) in [5.74, 6) is 2.04. The number of ether oxygens (including phenoxy) is 3. The number of fused-ring (bicyclic) bond motifs is 1. The van der Waals surface area contributed by atoms with Crippen LogP contribution >= 0.6 is 0 Å². The quantitative estimate of drug-likeness (QED) is 0.243. The molecule has 234 valence electrons. The number of likely N-dealkylation sites (tertiary alicyclic amines) is 1. The van der Waals surface area contributed by atoms with E-state index in [1.54, 1.807) is 0 Å². The molecule has 44 heavy (non-hydrogen) atoms. The summed E-state index contributed by atoms with van der Waals surface area (Å²) in [4.78, 5) is 38.0. The Kier molecular flexibility index (Phi) is 10.3. The van der Waals surface area contributed by atoms with Gasteiger partial charge in [-0.25, -0.2) is 9.48 Å². The number of carbonyl (C=O) groups is 3. The summed E-state index contributed by atoms with van der Waals surface area (Å²) < 4.78 is 17.9. The molecule has 1 saturated heterocycles. The number of nitrogens with one attached hydrogen (secondary N) is 1. The minimum absolute atomic E-state index is 0.103. The number of aromatic nitrogens is 2. The second-order valence-corrected chi connectivity index (χ2v) is 11.1. The number of hydrogen-bond acceptors (Lipinski definition) is 8. The Morgan fingerprint density at radius 1 is 0.886 bits per heavy atom. The maximum Gasteiger partial charge on any atom is 0.404 e. The molecule has 3 amide bonds. The number of nitrogens with two attached hydrogens (primary N) is 2. The zero-order chi connectivity index (χ0) is 30.9. The molecule has 12 nitrogen and oxygen atoms in total. The van der Waals surface area contributed by atoms with E-state index in [9.17, 15) is 14.4 Å². The van der Waals surface area contributed by atoms with Crippen molar-refractivity contribution < 1.29 is 28.6 Å². The molecule has 5 rings (SSSR count). The standard InChI is InChI=1S/C32H40N6O6/c33-30(40)28-29(23-9-11-25(12-10-23)44-24-6-2-1-3-7-24)36-38-26(13-16-35-31(28)38)22-14-17-37(18-15-22)27(39)8-4-5-19-42-20-21-43-32(34)41/h1-3,6-7,9-12,22,26,35H,4-5,8,13-21H2,(H2,33,40)(H2,34,41). The smallest absolute Gasteiger partial charge is 0.404 e. The average Bonchev–Trinajstić information content (AvgIpc) is 3.43. The third-order valence-electron chi connectivity index (χ3n) is 8.15. The Morgan fingerprint density at radius 2 is 1.61 bits per heavy atom. The largest absolute Gasteiger partial charge is 0.457 e. The van der Waals surface area contributed by atoms with Gasteiger partial charge in [0.2, 0.25) is 5.91 Å². The molecule has 3 heterocycles. The zero-order valence-corrected chi connectivity index (χ0v) is 24.8. The van der Waals surface area contributed by atoms with Crippen LogP contribution in [0.3, 0.4) is 0 Å². The SMILES string of the molecule is NC(=O)OCCOCCCCC(=O)N1CCC(C2CCNc3c(C(N)=O)c(-c4ccc(Oc5ccccc5)cc4)nn32)CC1. The predicted molar refractivity (Wildman–Crippen MR) is 164 cm³/mol. The predicted octanol–water partition coefficient (Wildman–Crippen LogP) is 4.32. The third kappa shape index (κ3) is 7.67. The molecule has 2 aliphatic heterocycles. The number of amides is 3. The topological polar surface area (TPSA) is 164 Å². The number of anilines is 1. The molecule has 1 aromatic heterocycles. The molecule has 1 fully saturated rings. The van der Waals surface area contributed by atoms with E-state index < -0.39 is 12.0 Å². The maximum absolute atomic E-state index is 12.8. The van der Waals surface area contributed by atoms with Crippen molar-refractivity contribution in [1.82, 2.24) is 14.7 Å². The van der Waals surface area contributed by atoms with E-state index in [-0.39, 0.29) is 25.2 Å². The van der Waals surface area contributed by atoms with Gasteiger partial charge in [0, 0.05) is 38.2 Å². The highest BCUT2D eigenvalue weighted by Gasteiger charge is 2.35. The molecule has 12 heteroatoms. The van der Waals surface area contributed by atoms with Gasteiger partial charge < -0.3 is 35.9 Å². The molecular weight excluding hydrogens is 564 g/mol. The fourth-order valence-corrected chi connectivity index (χ4v) is 5.96. The van der Waals surface area contributed by atoms with Gasteiger partial charge in [0.15, 0.2) is 0 Å². The van der Waals surface area contributed by atoms with Gasteiger partial charge >= 0.3 is 6.09 Å². The molecule has 2 aromatic carbocycles. The summed E-state index contributed by atoms with van der Waals surface area (Å²) in [6.07, 6.45) is 3.76. The summed E-state index contributed by atoms with van der Waals surface area (Å²) in [6.45, 7) is 3.03. The van der Waals surface area contributed by atoms with E-state index in [1.165, 1.54) is 0 Å². The van der Waals surface area contributed by atoms with E-state index in [0.717, 1.165) is 50.0 Å². The van der Waals surface area contributed by atoms with Crippen LogP contribution < -0.4 is 21.5 Å². The Balaban J connectivity index is 1.17. The Morgan fingerprint density at radius 3 is 2.32 bits per heavy atom. The zero-order valence-electron chi connectivity index (χ0n) is 24.8. The monoisotopic (exact) mass is 604 g/mol. The van der Waals surface area contributed by atoms with Crippen LogP contribution in [0, 0.1) is 5.92 Å². The number of hydrogen-bond donors (Lipinski definition) is 3. The highest BCUT2D eigenvalue weighted by atomic mass is 16.6. The first-order chi connectivity index (χ1) is 21.4. The fourth-order valence-electron chi connectivity index (χ4n) is 5.96. The summed E-state index contributed by atoms with van der Waals surface area (Å²) in [5, 5.41) is 8.31. The summed E-state index contributed by atoms with van der Waals surface area (Å²) in [7, 11) is 0. The van der Waals surface area contributed by atoms with E-state index >= 15 is 0 Å². The summed E-state index contributed by atoms with van der Waals surface area (Å²) in [5.41, 5.74) is 12.5. The van der Waals surface area contributed by atoms with Crippen molar-refractivity contribution in [3.63, 3.8) is 0 Å². The van der Waals surface area contributed by atoms with Crippen LogP contribution in [-0.2, 0) is 14.3 Å². The van der Waals surface area contributed by atoms with Gasteiger partial charge in [-0.15, -0.1) is 0 Å². The van der Waals surface area contributed by atoms with Crippen LogP contribution in [0.15, 0.2) is 54.6 Å². The molecule has 5 N–H and O–H groups in total. The lowest BCUT2D eigenvalue weighted by atomic mass is 9.86. The normalized spacial score (nSPS) is 16.5. The van der Waals surface area contributed by atoms with E-state index in [0.29, 0.717) is 54.9 Å². The molecular formula is C32H40N6O6. The third-order valence-corrected chi connectivity index (χ3v) is 8.15. The minimum Gasteiger partial charge on any atom is -0.457 e. The first-order valence-corrected chi connectivity index (χ1v) is 15.2. The van der Waals surface area contributed by atoms with E-state index in [2.05, 4.69) is 10.1 Å². The fraction of sp³-hybridized carbons (Fsp3) is 0.438. The number of piperidine rings is 1. The van der Waals surface area contributed by atoms with Crippen LogP contribution in [0.5, 0.6) is 11.5 Å². The molecule has 0 bridgehead atoms. The van der Waals surface area contributed by atoms with E-state index in [4.69, 9.17) is 26.0 Å². The average molecular weight is 605 g/mol. The lowest BCUT2D eigenvalue weighted by Crippen LogP contribution is -2.41.